The third-order valence-electron chi connectivity index (χ3n) is 4.49. The van der Waals surface area contributed by atoms with Crippen molar-refractivity contribution >= 4 is 11.7 Å². The highest BCUT2D eigenvalue weighted by Gasteiger charge is 2.22. The Kier molecular flexibility index (Phi) is 7.72. The van der Waals surface area contributed by atoms with Gasteiger partial charge in [-0.1, -0.05) is 13.5 Å². The van der Waals surface area contributed by atoms with Crippen LogP contribution in [0.15, 0.2) is 22.4 Å². The van der Waals surface area contributed by atoms with Gasteiger partial charge in [-0.05, 0) is 52.6 Å². The highest BCUT2D eigenvalue weighted by Crippen LogP contribution is 2.15. The van der Waals surface area contributed by atoms with Crippen LogP contribution in [0.3, 0.4) is 0 Å². The lowest BCUT2D eigenvalue weighted by Gasteiger charge is -2.24. The van der Waals surface area contributed by atoms with Crippen LogP contribution in [-0.2, 0) is 4.74 Å². The van der Waals surface area contributed by atoms with E-state index in [1.165, 1.54) is 19.4 Å². The normalized spacial score (nSPS) is 25.4. The van der Waals surface area contributed by atoms with Crippen LogP contribution in [-0.4, -0.2) is 61.5 Å². The van der Waals surface area contributed by atoms with Gasteiger partial charge in [0.05, 0.1) is 18.5 Å². The highest BCUT2D eigenvalue weighted by molar-refractivity contribution is 5.95. The molecule has 0 amide bonds. The van der Waals surface area contributed by atoms with E-state index in [2.05, 4.69) is 34.0 Å². The lowest BCUT2D eigenvalue weighted by Crippen LogP contribution is -2.40. The number of guanidine groups is 1. The summed E-state index contributed by atoms with van der Waals surface area (Å²) in [5, 5.41) is 6.64. The van der Waals surface area contributed by atoms with Gasteiger partial charge in [0.25, 0.3) is 0 Å². The third kappa shape index (κ3) is 6.24. The van der Waals surface area contributed by atoms with Crippen molar-refractivity contribution < 1.29 is 4.74 Å². The summed E-state index contributed by atoms with van der Waals surface area (Å²) in [5.41, 5.74) is 0.971. The van der Waals surface area contributed by atoms with Crippen LogP contribution in [0.1, 0.15) is 46.5 Å². The maximum absolute atomic E-state index is 5.51. The van der Waals surface area contributed by atoms with E-state index < -0.39 is 0 Å². The Hall–Kier alpha value is -1.40. The van der Waals surface area contributed by atoms with Crippen molar-refractivity contribution in [3.8, 4) is 0 Å². The summed E-state index contributed by atoms with van der Waals surface area (Å²) < 4.78 is 5.51. The van der Waals surface area contributed by atoms with Gasteiger partial charge in [0.15, 0.2) is 0 Å². The van der Waals surface area contributed by atoms with Gasteiger partial charge in [-0.15, -0.1) is 0 Å². The summed E-state index contributed by atoms with van der Waals surface area (Å²) in [5.74, 6) is 1.39. The summed E-state index contributed by atoms with van der Waals surface area (Å²) in [4.78, 5) is 11.7. The molecule has 6 nitrogen and oxygen atoms in total. The van der Waals surface area contributed by atoms with Crippen molar-refractivity contribution in [3.05, 3.63) is 12.4 Å². The molecule has 0 saturated carbocycles. The van der Waals surface area contributed by atoms with Crippen LogP contribution < -0.4 is 10.6 Å². The molecular formula is C18H33N5O. The Labute approximate surface area is 146 Å². The number of hydrogen-bond acceptors (Lipinski definition) is 4. The van der Waals surface area contributed by atoms with Gasteiger partial charge in [0.2, 0.25) is 5.96 Å². The van der Waals surface area contributed by atoms with E-state index in [1.54, 1.807) is 0 Å². The number of nitrogens with one attached hydrogen (secondary N) is 2. The molecule has 2 aliphatic rings. The van der Waals surface area contributed by atoms with Crippen molar-refractivity contribution in [1.29, 1.82) is 0 Å². The van der Waals surface area contributed by atoms with Crippen LogP contribution in [0.25, 0.3) is 0 Å². The monoisotopic (exact) mass is 335 g/mol. The molecule has 0 aromatic carbocycles. The molecule has 0 aliphatic carbocycles. The predicted octanol–water partition coefficient (Wildman–Crippen LogP) is 2.14. The zero-order chi connectivity index (χ0) is 17.4. The van der Waals surface area contributed by atoms with E-state index in [0.29, 0.717) is 18.6 Å². The van der Waals surface area contributed by atoms with Gasteiger partial charge < -0.3 is 15.4 Å². The highest BCUT2D eigenvalue weighted by atomic mass is 16.5. The lowest BCUT2D eigenvalue weighted by atomic mass is 10.1. The molecule has 136 valence electrons. The number of likely N-dealkylation sites (tertiary alicyclic amines) is 1. The molecule has 24 heavy (non-hydrogen) atoms. The molecule has 0 aromatic heterocycles. The smallest absolute Gasteiger partial charge is 0.223 e. The minimum Gasteiger partial charge on any atom is -0.379 e. The van der Waals surface area contributed by atoms with Gasteiger partial charge in [-0.3, -0.25) is 4.90 Å². The summed E-state index contributed by atoms with van der Waals surface area (Å²) in [7, 11) is 0. The number of ether oxygens (including phenoxy) is 1. The quantitative estimate of drug-likeness (QED) is 0.577. The number of likely N-dealkylation sites (N-methyl/N-ethyl adjacent to an activating group) is 1. The average molecular weight is 335 g/mol. The summed E-state index contributed by atoms with van der Waals surface area (Å²) >= 11 is 0. The number of aliphatic imine (C=N–C) groups is 2. The van der Waals surface area contributed by atoms with E-state index in [1.807, 2.05) is 13.8 Å². The zero-order valence-corrected chi connectivity index (χ0v) is 15.5. The van der Waals surface area contributed by atoms with Crippen molar-refractivity contribution in [3.63, 3.8) is 0 Å². The van der Waals surface area contributed by atoms with Crippen LogP contribution >= 0.6 is 0 Å². The van der Waals surface area contributed by atoms with E-state index in [0.717, 1.165) is 44.1 Å². The van der Waals surface area contributed by atoms with Gasteiger partial charge in [-0.25, -0.2) is 9.98 Å². The standard InChI is InChI=1S/C18H33N5O/c1-5-23-10-6-9-17(23)12-19-15(4)21-18(20-14(2)3)22-16-8-7-11-24-13-16/h16-17,19H,4-13H2,1-3H3,(H,21,22). The maximum Gasteiger partial charge on any atom is 0.223 e. The molecule has 0 aromatic rings. The second kappa shape index (κ2) is 9.79. The van der Waals surface area contributed by atoms with Crippen LogP contribution in [0.4, 0.5) is 0 Å². The van der Waals surface area contributed by atoms with Crippen molar-refractivity contribution in [2.45, 2.75) is 58.5 Å². The van der Waals surface area contributed by atoms with Gasteiger partial charge in [-0.2, -0.15) is 0 Å². The largest absolute Gasteiger partial charge is 0.379 e. The molecular weight excluding hydrogens is 302 g/mol. The van der Waals surface area contributed by atoms with Gasteiger partial charge in [0, 0.05) is 24.9 Å². The molecule has 2 rings (SSSR count). The van der Waals surface area contributed by atoms with Crippen LogP contribution in [0.5, 0.6) is 0 Å². The lowest BCUT2D eigenvalue weighted by molar-refractivity contribution is 0.0827. The first kappa shape index (κ1) is 18.9. The Morgan fingerprint density at radius 2 is 2.12 bits per heavy atom. The minimum absolute atomic E-state index is 0.183. The number of rotatable bonds is 6. The second-order valence-electron chi connectivity index (χ2n) is 6.79. The predicted molar refractivity (Wildman–Crippen MR) is 101 cm³/mol. The first-order chi connectivity index (χ1) is 11.6. The minimum atomic E-state index is 0.183. The molecule has 2 atom stereocenters. The number of hydrogen-bond donors (Lipinski definition) is 2. The Morgan fingerprint density at radius 1 is 1.29 bits per heavy atom. The van der Waals surface area contributed by atoms with Crippen molar-refractivity contribution in [1.82, 2.24) is 15.5 Å². The molecule has 2 fully saturated rings. The molecule has 2 heterocycles. The van der Waals surface area contributed by atoms with E-state index in [9.17, 15) is 0 Å². The Balaban J connectivity index is 1.87. The molecule has 2 saturated heterocycles. The van der Waals surface area contributed by atoms with Crippen LogP contribution in [0.2, 0.25) is 0 Å². The van der Waals surface area contributed by atoms with E-state index in [4.69, 9.17) is 9.73 Å². The molecule has 0 radical (unpaired) electrons. The second-order valence-corrected chi connectivity index (χ2v) is 6.79. The third-order valence-corrected chi connectivity index (χ3v) is 4.49. The van der Waals surface area contributed by atoms with Crippen LogP contribution in [0, 0.1) is 0 Å². The Bertz CT molecular complexity index is 464. The maximum atomic E-state index is 5.51. The first-order valence-electron chi connectivity index (χ1n) is 9.19. The molecule has 0 bridgehead atoms. The molecule has 0 spiro atoms. The number of nitrogens with zero attached hydrogens (tertiary/aromatic N) is 3. The Morgan fingerprint density at radius 3 is 2.79 bits per heavy atom. The van der Waals surface area contributed by atoms with E-state index >= 15 is 0 Å². The molecule has 2 aliphatic heterocycles. The van der Waals surface area contributed by atoms with Gasteiger partial charge >= 0.3 is 0 Å². The summed E-state index contributed by atoms with van der Waals surface area (Å²) in [6.45, 7) is 15.0. The fraction of sp³-hybridized carbons (Fsp3) is 0.778. The van der Waals surface area contributed by atoms with E-state index in [-0.39, 0.29) is 6.04 Å². The summed E-state index contributed by atoms with van der Waals surface area (Å²) in [6, 6.07) is 0.777. The average Bonchev–Trinajstić information content (AvgIpc) is 3.00. The molecule has 6 heteroatoms. The fourth-order valence-electron chi connectivity index (χ4n) is 3.26. The zero-order valence-electron chi connectivity index (χ0n) is 15.5. The molecule has 2 unspecified atom stereocenters. The van der Waals surface area contributed by atoms with Crippen molar-refractivity contribution in [2.24, 2.45) is 9.98 Å². The SMILES string of the molecule is C=C(NCC1CCCN1CC)NC(N=C(C)C)=NC1CCCOC1. The van der Waals surface area contributed by atoms with Gasteiger partial charge in [0.1, 0.15) is 0 Å². The fourth-order valence-corrected chi connectivity index (χ4v) is 3.26. The molecule has 2 N–H and O–H groups in total. The van der Waals surface area contributed by atoms with Crippen molar-refractivity contribution in [2.75, 3.05) is 32.8 Å². The first-order valence-corrected chi connectivity index (χ1v) is 9.19. The topological polar surface area (TPSA) is 61.2 Å². The summed E-state index contributed by atoms with van der Waals surface area (Å²) in [6.07, 6.45) is 4.65.